The summed E-state index contributed by atoms with van der Waals surface area (Å²) in [6.45, 7) is 1.92. The van der Waals surface area contributed by atoms with Gasteiger partial charge in [-0.1, -0.05) is 23.7 Å². The van der Waals surface area contributed by atoms with E-state index in [1.807, 2.05) is 19.1 Å². The molecule has 2 N–H and O–H groups in total. The zero-order valence-electron chi connectivity index (χ0n) is 11.5. The van der Waals surface area contributed by atoms with E-state index in [2.05, 4.69) is 10.6 Å². The lowest BCUT2D eigenvalue weighted by Crippen LogP contribution is -2.20. The minimum Gasteiger partial charge on any atom is -0.494 e. The van der Waals surface area contributed by atoms with E-state index < -0.39 is 5.82 Å². The quantitative estimate of drug-likeness (QED) is 0.808. The molecule has 2 aromatic carbocycles. The Balaban J connectivity index is 2.10. The van der Waals surface area contributed by atoms with Gasteiger partial charge in [0, 0.05) is 11.8 Å². The number of rotatable bonds is 3. The van der Waals surface area contributed by atoms with Gasteiger partial charge < -0.3 is 15.4 Å². The van der Waals surface area contributed by atoms with Crippen molar-refractivity contribution in [2.24, 2.45) is 0 Å². The van der Waals surface area contributed by atoms with Crippen molar-refractivity contribution in [3.8, 4) is 5.75 Å². The van der Waals surface area contributed by atoms with Crippen molar-refractivity contribution in [1.29, 1.82) is 0 Å². The van der Waals surface area contributed by atoms with Crippen LogP contribution < -0.4 is 15.4 Å². The molecule has 110 valence electrons. The first-order valence-corrected chi connectivity index (χ1v) is 6.96. The molecule has 0 radical (unpaired) electrons. The number of anilines is 2. The maximum absolute atomic E-state index is 13.6. The first-order chi connectivity index (χ1) is 10.0. The lowest BCUT2D eigenvalue weighted by Gasteiger charge is -2.14. The molecule has 21 heavy (non-hydrogen) atoms. The van der Waals surface area contributed by atoms with Crippen molar-refractivity contribution < 1.29 is 9.13 Å². The molecule has 0 fully saturated rings. The standard InChI is InChI=1S/C15H14ClFN2OS/c1-9-4-3-5-11(16)14(9)19-15(21)18-10-6-7-13(20-2)12(17)8-10/h3-8H,1-2H3,(H2,18,19,21). The molecule has 3 nitrogen and oxygen atoms in total. The lowest BCUT2D eigenvalue weighted by atomic mass is 10.2. The zero-order chi connectivity index (χ0) is 15.4. The van der Waals surface area contributed by atoms with Crippen LogP contribution in [0.5, 0.6) is 5.75 Å². The summed E-state index contributed by atoms with van der Waals surface area (Å²) in [4.78, 5) is 0. The largest absolute Gasteiger partial charge is 0.494 e. The second-order valence-electron chi connectivity index (χ2n) is 4.36. The molecule has 2 rings (SSSR count). The highest BCUT2D eigenvalue weighted by molar-refractivity contribution is 7.80. The Labute approximate surface area is 133 Å². The second-order valence-corrected chi connectivity index (χ2v) is 5.18. The van der Waals surface area contributed by atoms with E-state index in [1.54, 1.807) is 12.1 Å². The molecule has 6 heteroatoms. The predicted octanol–water partition coefficient (Wildman–Crippen LogP) is 4.61. The molecule has 0 atom stereocenters. The van der Waals surface area contributed by atoms with Gasteiger partial charge in [0.2, 0.25) is 0 Å². The van der Waals surface area contributed by atoms with Gasteiger partial charge in [0.1, 0.15) is 0 Å². The summed E-state index contributed by atoms with van der Waals surface area (Å²) in [5.74, 6) is -0.277. The third-order valence-corrected chi connectivity index (χ3v) is 3.39. The molecule has 0 aliphatic carbocycles. The molecule has 2 aromatic rings. The SMILES string of the molecule is COc1ccc(NC(=S)Nc2c(C)cccc2Cl)cc1F. The molecule has 0 aliphatic heterocycles. The summed E-state index contributed by atoms with van der Waals surface area (Å²) < 4.78 is 18.5. The van der Waals surface area contributed by atoms with Crippen LogP contribution in [0, 0.1) is 12.7 Å². The zero-order valence-corrected chi connectivity index (χ0v) is 13.1. The van der Waals surface area contributed by atoms with Crippen LogP contribution in [0.3, 0.4) is 0 Å². The number of hydrogen-bond acceptors (Lipinski definition) is 2. The van der Waals surface area contributed by atoms with Crippen molar-refractivity contribution in [3.05, 3.63) is 52.8 Å². The van der Waals surface area contributed by atoms with Crippen molar-refractivity contribution in [3.63, 3.8) is 0 Å². The van der Waals surface area contributed by atoms with Gasteiger partial charge in [-0.15, -0.1) is 0 Å². The number of aryl methyl sites for hydroxylation is 1. The molecule has 0 saturated heterocycles. The molecule has 0 saturated carbocycles. The maximum Gasteiger partial charge on any atom is 0.175 e. The summed E-state index contributed by atoms with van der Waals surface area (Å²) in [6, 6.07) is 10.1. The molecule has 0 spiro atoms. The van der Waals surface area contributed by atoms with E-state index in [1.165, 1.54) is 19.2 Å². The molecule has 0 unspecified atom stereocenters. The first-order valence-electron chi connectivity index (χ1n) is 6.18. The molecule has 0 heterocycles. The average Bonchev–Trinajstić information content (AvgIpc) is 2.43. The average molecular weight is 325 g/mol. The normalized spacial score (nSPS) is 10.1. The van der Waals surface area contributed by atoms with E-state index in [9.17, 15) is 4.39 Å². The Kier molecular flexibility index (Phi) is 4.98. The Morgan fingerprint density at radius 1 is 1.24 bits per heavy atom. The highest BCUT2D eigenvalue weighted by Gasteiger charge is 2.08. The minimum absolute atomic E-state index is 0.182. The Morgan fingerprint density at radius 3 is 2.62 bits per heavy atom. The van der Waals surface area contributed by atoms with E-state index in [0.717, 1.165) is 11.3 Å². The van der Waals surface area contributed by atoms with E-state index in [4.69, 9.17) is 28.6 Å². The third-order valence-electron chi connectivity index (χ3n) is 2.87. The van der Waals surface area contributed by atoms with Crippen LogP contribution in [0.4, 0.5) is 15.8 Å². The molecular formula is C15H14ClFN2OS. The second kappa shape index (κ2) is 6.74. The van der Waals surface area contributed by atoms with Gasteiger partial charge in [-0.25, -0.2) is 4.39 Å². The van der Waals surface area contributed by atoms with Crippen LogP contribution in [0.25, 0.3) is 0 Å². The Hall–Kier alpha value is -1.85. The third kappa shape index (κ3) is 3.83. The van der Waals surface area contributed by atoms with Crippen LogP contribution in [0.1, 0.15) is 5.56 Å². The monoisotopic (exact) mass is 324 g/mol. The van der Waals surface area contributed by atoms with Gasteiger partial charge in [0.15, 0.2) is 16.7 Å². The van der Waals surface area contributed by atoms with Crippen molar-refractivity contribution in [2.75, 3.05) is 17.7 Å². The van der Waals surface area contributed by atoms with Crippen LogP contribution in [-0.4, -0.2) is 12.2 Å². The molecule has 0 aliphatic rings. The van der Waals surface area contributed by atoms with Gasteiger partial charge in [-0.3, -0.25) is 0 Å². The van der Waals surface area contributed by atoms with E-state index >= 15 is 0 Å². The van der Waals surface area contributed by atoms with Gasteiger partial charge in [-0.2, -0.15) is 0 Å². The van der Waals surface area contributed by atoms with Gasteiger partial charge >= 0.3 is 0 Å². The van der Waals surface area contributed by atoms with Gasteiger partial charge in [0.25, 0.3) is 0 Å². The number of nitrogens with one attached hydrogen (secondary N) is 2. The van der Waals surface area contributed by atoms with E-state index in [0.29, 0.717) is 15.8 Å². The molecule has 0 aromatic heterocycles. The number of halogens is 2. The smallest absolute Gasteiger partial charge is 0.175 e. The fraction of sp³-hybridized carbons (Fsp3) is 0.133. The summed E-state index contributed by atoms with van der Waals surface area (Å²) >= 11 is 11.3. The molecular weight excluding hydrogens is 311 g/mol. The number of hydrogen-bond donors (Lipinski definition) is 2. The molecule has 0 amide bonds. The number of ether oxygens (including phenoxy) is 1. The summed E-state index contributed by atoms with van der Waals surface area (Å²) in [6.07, 6.45) is 0. The number of methoxy groups -OCH3 is 1. The topological polar surface area (TPSA) is 33.3 Å². The van der Waals surface area contributed by atoms with Gasteiger partial charge in [0.05, 0.1) is 17.8 Å². The van der Waals surface area contributed by atoms with Crippen molar-refractivity contribution in [1.82, 2.24) is 0 Å². The number of benzene rings is 2. The highest BCUT2D eigenvalue weighted by Crippen LogP contribution is 2.26. The Bertz CT molecular complexity index is 658. The highest BCUT2D eigenvalue weighted by atomic mass is 35.5. The van der Waals surface area contributed by atoms with Crippen LogP contribution in [0.2, 0.25) is 5.02 Å². The minimum atomic E-state index is -0.459. The van der Waals surface area contributed by atoms with E-state index in [-0.39, 0.29) is 5.75 Å². The van der Waals surface area contributed by atoms with Gasteiger partial charge in [-0.05, 0) is 42.9 Å². The molecule has 0 bridgehead atoms. The lowest BCUT2D eigenvalue weighted by molar-refractivity contribution is 0.387. The summed E-state index contributed by atoms with van der Waals surface area (Å²) in [7, 11) is 1.41. The van der Waals surface area contributed by atoms with Crippen molar-refractivity contribution >= 4 is 40.3 Å². The number of para-hydroxylation sites is 1. The van der Waals surface area contributed by atoms with Crippen LogP contribution in [-0.2, 0) is 0 Å². The predicted molar refractivity (Wildman–Crippen MR) is 89.0 cm³/mol. The first kappa shape index (κ1) is 15.5. The summed E-state index contributed by atoms with van der Waals surface area (Å²) in [5.41, 5.74) is 2.22. The maximum atomic E-state index is 13.6. The van der Waals surface area contributed by atoms with Crippen molar-refractivity contribution in [2.45, 2.75) is 6.92 Å². The fourth-order valence-electron chi connectivity index (χ4n) is 1.81. The Morgan fingerprint density at radius 2 is 2.00 bits per heavy atom. The number of thiocarbonyl (C=S) groups is 1. The van der Waals surface area contributed by atoms with Crippen LogP contribution in [0.15, 0.2) is 36.4 Å². The summed E-state index contributed by atoms with van der Waals surface area (Å²) in [5, 5.41) is 6.81. The van der Waals surface area contributed by atoms with Crippen LogP contribution >= 0.6 is 23.8 Å². The fourth-order valence-corrected chi connectivity index (χ4v) is 2.30.